The van der Waals surface area contributed by atoms with Crippen LogP contribution in [0.3, 0.4) is 0 Å². The summed E-state index contributed by atoms with van der Waals surface area (Å²) >= 11 is 3.46. The highest BCUT2D eigenvalue weighted by atomic mass is 79.9. The fourth-order valence-electron chi connectivity index (χ4n) is 3.42. The van der Waals surface area contributed by atoms with E-state index in [1.54, 1.807) is 0 Å². The van der Waals surface area contributed by atoms with Gasteiger partial charge in [-0.3, -0.25) is 9.59 Å². The predicted molar refractivity (Wildman–Crippen MR) is 111 cm³/mol. The Kier molecular flexibility index (Phi) is 4.94. The van der Waals surface area contributed by atoms with Crippen LogP contribution >= 0.6 is 15.9 Å². The van der Waals surface area contributed by atoms with Crippen LogP contribution < -0.4 is 10.6 Å². The average Bonchev–Trinajstić information content (AvgIpc) is 3.47. The van der Waals surface area contributed by atoms with E-state index in [0.717, 1.165) is 32.9 Å². The fraction of sp³-hybridized carbons (Fsp3) is 0.182. The van der Waals surface area contributed by atoms with Crippen LogP contribution in [0.25, 0.3) is 10.8 Å². The van der Waals surface area contributed by atoms with Gasteiger partial charge in [0.25, 0.3) is 0 Å². The number of halogens is 1. The maximum Gasteiger partial charge on any atom is 0.243 e. The Balaban J connectivity index is 1.32. The number of fused-ring (bicyclic) bond motifs is 1. The third kappa shape index (κ3) is 4.03. The van der Waals surface area contributed by atoms with E-state index in [1.807, 2.05) is 66.7 Å². The molecule has 136 valence electrons. The van der Waals surface area contributed by atoms with E-state index < -0.39 is 0 Å². The topological polar surface area (TPSA) is 58.2 Å². The SMILES string of the molecule is O=C(CNC(=O)C1CC1c1cccc(Br)c1)Nc1cccc2ccccc12. The summed E-state index contributed by atoms with van der Waals surface area (Å²) < 4.78 is 1.01. The number of hydrogen-bond acceptors (Lipinski definition) is 2. The number of carbonyl (C=O) groups is 2. The van der Waals surface area contributed by atoms with Crippen molar-refractivity contribution in [1.82, 2.24) is 5.32 Å². The third-order valence-corrected chi connectivity index (χ3v) is 5.38. The molecule has 5 heteroatoms. The number of rotatable bonds is 5. The van der Waals surface area contributed by atoms with E-state index in [1.165, 1.54) is 0 Å². The standard InChI is InChI=1S/C22H19BrN2O2/c23-16-8-3-7-15(11-16)18-12-19(18)22(27)24-13-21(26)25-20-10-4-6-14-5-1-2-9-17(14)20/h1-11,18-19H,12-13H2,(H,24,27)(H,25,26). The zero-order valence-electron chi connectivity index (χ0n) is 14.6. The lowest BCUT2D eigenvalue weighted by atomic mass is 10.1. The first-order valence-electron chi connectivity index (χ1n) is 8.92. The van der Waals surface area contributed by atoms with Crippen molar-refractivity contribution in [3.8, 4) is 0 Å². The largest absolute Gasteiger partial charge is 0.347 e. The first-order chi connectivity index (χ1) is 13.1. The normalized spacial score (nSPS) is 18.1. The van der Waals surface area contributed by atoms with Crippen molar-refractivity contribution in [2.24, 2.45) is 5.92 Å². The lowest BCUT2D eigenvalue weighted by Gasteiger charge is -2.09. The molecule has 0 aliphatic heterocycles. The second-order valence-corrected chi connectivity index (χ2v) is 7.71. The highest BCUT2D eigenvalue weighted by Gasteiger charge is 2.43. The molecule has 27 heavy (non-hydrogen) atoms. The van der Waals surface area contributed by atoms with Gasteiger partial charge in [-0.25, -0.2) is 0 Å². The van der Waals surface area contributed by atoms with Crippen molar-refractivity contribution < 1.29 is 9.59 Å². The van der Waals surface area contributed by atoms with Crippen LogP contribution in [0, 0.1) is 5.92 Å². The molecule has 2 atom stereocenters. The molecule has 0 aromatic heterocycles. The van der Waals surface area contributed by atoms with E-state index in [-0.39, 0.29) is 30.2 Å². The maximum atomic E-state index is 12.3. The van der Waals surface area contributed by atoms with Crippen LogP contribution in [0.2, 0.25) is 0 Å². The Morgan fingerprint density at radius 3 is 2.63 bits per heavy atom. The first-order valence-corrected chi connectivity index (χ1v) is 9.72. The van der Waals surface area contributed by atoms with Crippen molar-refractivity contribution in [2.75, 3.05) is 11.9 Å². The third-order valence-electron chi connectivity index (χ3n) is 4.89. The zero-order valence-corrected chi connectivity index (χ0v) is 16.2. The van der Waals surface area contributed by atoms with Gasteiger partial charge in [-0.1, -0.05) is 64.5 Å². The van der Waals surface area contributed by atoms with Crippen LogP contribution in [0.1, 0.15) is 17.9 Å². The van der Waals surface area contributed by atoms with E-state index >= 15 is 0 Å². The Labute approximate surface area is 166 Å². The first kappa shape index (κ1) is 17.7. The van der Waals surface area contributed by atoms with Gasteiger partial charge in [0.2, 0.25) is 11.8 Å². The molecule has 1 saturated carbocycles. The van der Waals surface area contributed by atoms with Gasteiger partial charge in [-0.05, 0) is 41.5 Å². The monoisotopic (exact) mass is 422 g/mol. The fourth-order valence-corrected chi connectivity index (χ4v) is 3.83. The minimum Gasteiger partial charge on any atom is -0.347 e. The van der Waals surface area contributed by atoms with E-state index in [4.69, 9.17) is 0 Å². The maximum absolute atomic E-state index is 12.3. The number of benzene rings is 3. The average molecular weight is 423 g/mol. The minimum absolute atomic E-state index is 0.0240. The number of carbonyl (C=O) groups excluding carboxylic acids is 2. The molecule has 0 radical (unpaired) electrons. The molecule has 2 N–H and O–H groups in total. The summed E-state index contributed by atoms with van der Waals surface area (Å²) in [5.74, 6) is -0.0966. The summed E-state index contributed by atoms with van der Waals surface area (Å²) in [6, 6.07) is 21.7. The van der Waals surface area contributed by atoms with Crippen LogP contribution in [0.15, 0.2) is 71.2 Å². The Morgan fingerprint density at radius 2 is 1.78 bits per heavy atom. The summed E-state index contributed by atoms with van der Waals surface area (Å²) in [5.41, 5.74) is 1.91. The molecular formula is C22H19BrN2O2. The Hall–Kier alpha value is -2.66. The molecule has 1 aliphatic carbocycles. The molecule has 0 saturated heterocycles. The molecule has 0 heterocycles. The Bertz CT molecular complexity index is 1010. The van der Waals surface area contributed by atoms with Gasteiger partial charge in [0, 0.05) is 21.5 Å². The molecule has 1 aliphatic rings. The lowest BCUT2D eigenvalue weighted by Crippen LogP contribution is -2.34. The van der Waals surface area contributed by atoms with Crippen molar-refractivity contribution in [3.05, 3.63) is 76.8 Å². The number of amides is 2. The van der Waals surface area contributed by atoms with Crippen molar-refractivity contribution in [1.29, 1.82) is 0 Å². The number of anilines is 1. The highest BCUT2D eigenvalue weighted by Crippen LogP contribution is 2.47. The van der Waals surface area contributed by atoms with Gasteiger partial charge >= 0.3 is 0 Å². The van der Waals surface area contributed by atoms with Gasteiger partial charge in [0.05, 0.1) is 6.54 Å². The summed E-state index contributed by atoms with van der Waals surface area (Å²) in [6.45, 7) is -0.0240. The van der Waals surface area contributed by atoms with Crippen LogP contribution in [-0.4, -0.2) is 18.4 Å². The molecule has 2 amide bonds. The molecule has 0 spiro atoms. The molecule has 1 fully saturated rings. The van der Waals surface area contributed by atoms with Crippen LogP contribution in [-0.2, 0) is 9.59 Å². The number of nitrogens with one attached hydrogen (secondary N) is 2. The molecule has 4 rings (SSSR count). The molecule has 4 nitrogen and oxygen atoms in total. The second-order valence-electron chi connectivity index (χ2n) is 6.80. The van der Waals surface area contributed by atoms with Gasteiger partial charge in [0.15, 0.2) is 0 Å². The van der Waals surface area contributed by atoms with Crippen molar-refractivity contribution in [3.63, 3.8) is 0 Å². The highest BCUT2D eigenvalue weighted by molar-refractivity contribution is 9.10. The minimum atomic E-state index is -0.223. The van der Waals surface area contributed by atoms with E-state index in [2.05, 4.69) is 26.6 Å². The van der Waals surface area contributed by atoms with E-state index in [9.17, 15) is 9.59 Å². The molecule has 0 bridgehead atoms. The summed E-state index contributed by atoms with van der Waals surface area (Å²) in [5, 5.41) is 7.70. The molecule has 2 unspecified atom stereocenters. The molecule has 3 aromatic carbocycles. The van der Waals surface area contributed by atoms with Gasteiger partial charge in [0.1, 0.15) is 0 Å². The number of hydrogen-bond donors (Lipinski definition) is 2. The quantitative estimate of drug-likeness (QED) is 0.637. The lowest BCUT2D eigenvalue weighted by molar-refractivity contribution is -0.125. The smallest absolute Gasteiger partial charge is 0.243 e. The second kappa shape index (κ2) is 7.53. The zero-order chi connectivity index (χ0) is 18.8. The van der Waals surface area contributed by atoms with Gasteiger partial charge in [-0.15, -0.1) is 0 Å². The molecular weight excluding hydrogens is 404 g/mol. The summed E-state index contributed by atoms with van der Waals surface area (Å²) in [4.78, 5) is 24.6. The Morgan fingerprint density at radius 1 is 1.00 bits per heavy atom. The van der Waals surface area contributed by atoms with Crippen LogP contribution in [0.4, 0.5) is 5.69 Å². The van der Waals surface area contributed by atoms with E-state index in [0.29, 0.717) is 0 Å². The van der Waals surface area contributed by atoms with Gasteiger partial charge in [-0.2, -0.15) is 0 Å². The van der Waals surface area contributed by atoms with Crippen molar-refractivity contribution in [2.45, 2.75) is 12.3 Å². The molecule has 3 aromatic rings. The predicted octanol–water partition coefficient (Wildman–Crippen LogP) is 4.46. The van der Waals surface area contributed by atoms with Crippen molar-refractivity contribution >= 4 is 44.2 Å². The van der Waals surface area contributed by atoms with Gasteiger partial charge < -0.3 is 10.6 Å². The van der Waals surface area contributed by atoms with Crippen LogP contribution in [0.5, 0.6) is 0 Å². The summed E-state index contributed by atoms with van der Waals surface area (Å²) in [7, 11) is 0. The summed E-state index contributed by atoms with van der Waals surface area (Å²) in [6.07, 6.45) is 0.827.